The Morgan fingerprint density at radius 3 is 1.88 bits per heavy atom. The Morgan fingerprint density at radius 2 is 1.22 bits per heavy atom. The Bertz CT molecular complexity index is 2950. The smallest absolute Gasteiger partial charge is 0.871 e. The number of aromatic nitrogens is 2. The normalized spacial score (nSPS) is 11.2. The van der Waals surface area contributed by atoms with Crippen molar-refractivity contribution >= 4 is 65.8 Å². The van der Waals surface area contributed by atoms with Gasteiger partial charge in [-0.15, -0.1) is 10.8 Å². The Kier molecular flexibility index (Phi) is 14.0. The molecule has 0 unspecified atom stereocenters. The molecule has 0 atom stereocenters. The number of hydrogen-bond donors (Lipinski definition) is 0. The first-order valence-electron chi connectivity index (χ1n) is 15.8. The number of benzene rings is 6. The number of rotatable bonds is 8. The molecule has 1 heterocycles. The molecule has 0 aliphatic heterocycles. The predicted octanol–water partition coefficient (Wildman–Crippen LogP) is 2.98. The molecular weight excluding hydrogens is 827 g/mol. The van der Waals surface area contributed by atoms with Gasteiger partial charge in [0.1, 0.15) is 15.8 Å². The predicted molar refractivity (Wildman–Crippen MR) is 194 cm³/mol. The van der Waals surface area contributed by atoms with Gasteiger partial charge in [-0.2, -0.15) is 15.3 Å². The average molecular weight is 850 g/mol. The van der Waals surface area contributed by atoms with Crippen LogP contribution >= 0.6 is 0 Å². The molecule has 0 saturated heterocycles. The van der Waals surface area contributed by atoms with Crippen LogP contribution in [0.4, 0.5) is 34.1 Å². The van der Waals surface area contributed by atoms with Crippen molar-refractivity contribution < 1.29 is 86.5 Å². The minimum atomic E-state index is -5.11. The van der Waals surface area contributed by atoms with E-state index in [1.807, 2.05) is 6.07 Å². The van der Waals surface area contributed by atoms with Crippen molar-refractivity contribution in [3.05, 3.63) is 145 Å². The molecule has 0 spiro atoms. The van der Waals surface area contributed by atoms with E-state index >= 15 is 0 Å². The standard InChI is InChI=1S/C20H13N3O7S.C16H13N5O4.Cr.Na/c24-16-8-5-11-3-1-2-4-13(11)19(16)21-22-20-14-7-6-12(23(26)27)9-15(14)18(10-17(20)25)31(28,29)30;1-10-15(16(23)20(19-10)11-5-3-2-4-6-11)18-17-13-9-12(21(24)25)7-8-14(13)22;;/h1-10,24-25H,(H,28,29,30);2-9H,1H3,(H2,17,18,19,22,23);;/q;;+3;+1/p-4. The molecule has 0 N–H and O–H groups in total. The summed E-state index contributed by atoms with van der Waals surface area (Å²) >= 11 is 0. The summed E-state index contributed by atoms with van der Waals surface area (Å²) < 4.78 is 36.0. The van der Waals surface area contributed by atoms with Crippen LogP contribution in [0.5, 0.6) is 17.2 Å². The van der Waals surface area contributed by atoms with Gasteiger partial charge in [-0.1, -0.05) is 84.8 Å². The number of non-ortho nitro benzene ring substituents is 2. The zero-order chi connectivity index (χ0) is 40.3. The first-order chi connectivity index (χ1) is 26.6. The molecular formula is C36H22CrN8NaO11S. The number of fused-ring (bicyclic) bond motifs is 2. The molecule has 22 heteroatoms. The summed E-state index contributed by atoms with van der Waals surface area (Å²) in [6, 6.07) is 25.2. The largest absolute Gasteiger partial charge is 3.00 e. The number of nitro benzene ring substituents is 2. The fraction of sp³-hybridized carbons (Fsp3) is 0.0278. The summed E-state index contributed by atoms with van der Waals surface area (Å²) in [5, 5.41) is 78.5. The van der Waals surface area contributed by atoms with Crippen molar-refractivity contribution in [3.63, 3.8) is 0 Å². The second kappa shape index (κ2) is 18.3. The maximum atomic E-state index is 12.5. The first-order valence-corrected chi connectivity index (χ1v) is 17.2. The summed E-state index contributed by atoms with van der Waals surface area (Å²) in [5.41, 5.74) is -1.01. The van der Waals surface area contributed by atoms with Crippen molar-refractivity contribution in [2.24, 2.45) is 20.5 Å². The Morgan fingerprint density at radius 1 is 0.655 bits per heavy atom. The topological polar surface area (TPSA) is 298 Å². The third-order valence-corrected chi connectivity index (χ3v) is 8.89. The Balaban J connectivity index is 0.000000306. The van der Waals surface area contributed by atoms with E-state index in [9.17, 15) is 53.3 Å². The van der Waals surface area contributed by atoms with Crippen LogP contribution in [-0.2, 0) is 27.5 Å². The van der Waals surface area contributed by atoms with Gasteiger partial charge in [0.25, 0.3) is 16.9 Å². The van der Waals surface area contributed by atoms with Gasteiger partial charge in [0, 0.05) is 46.1 Å². The molecule has 0 amide bonds. The van der Waals surface area contributed by atoms with Crippen LogP contribution in [0.15, 0.2) is 139 Å². The molecule has 0 aliphatic rings. The van der Waals surface area contributed by atoms with Crippen LogP contribution in [0.25, 0.3) is 27.2 Å². The molecule has 6 aromatic carbocycles. The van der Waals surface area contributed by atoms with Crippen molar-refractivity contribution in [2.45, 2.75) is 11.8 Å². The molecule has 0 fully saturated rings. The van der Waals surface area contributed by atoms with Crippen molar-refractivity contribution in [1.82, 2.24) is 9.78 Å². The van der Waals surface area contributed by atoms with Gasteiger partial charge in [-0.25, -0.2) is 8.42 Å². The molecule has 0 bridgehead atoms. The fourth-order valence-electron chi connectivity index (χ4n) is 5.36. The molecule has 0 aliphatic carbocycles. The number of nitro groups is 2. The monoisotopic (exact) mass is 849 g/mol. The molecule has 1 radical (unpaired) electrons. The minimum Gasteiger partial charge on any atom is -0.871 e. The van der Waals surface area contributed by atoms with Crippen molar-refractivity contribution in [1.29, 1.82) is 0 Å². The maximum absolute atomic E-state index is 12.5. The SMILES string of the molecule is Cc1[n-]n(-c2ccccc2)c(=O)c1N=Nc1cc([N+](=O)[O-])ccc1[O-].O=[N+]([O-])c1ccc2c(N=Nc3c([O-])ccc4ccccc34)c([O-])cc(S(=O)(=O)[O-])c2c1.[Cr+3].[H+].[Na+]. The molecule has 285 valence electrons. The minimum absolute atomic E-state index is 0. The van der Waals surface area contributed by atoms with E-state index in [0.717, 1.165) is 36.4 Å². The second-order valence-corrected chi connectivity index (χ2v) is 12.9. The zero-order valence-corrected chi connectivity index (χ0v) is 33.9. The van der Waals surface area contributed by atoms with E-state index in [0.29, 0.717) is 28.2 Å². The van der Waals surface area contributed by atoms with Gasteiger partial charge >= 0.3 is 48.3 Å². The third-order valence-electron chi connectivity index (χ3n) is 8.01. The fourth-order valence-corrected chi connectivity index (χ4v) is 6.05. The first kappa shape index (κ1) is 44.4. The summed E-state index contributed by atoms with van der Waals surface area (Å²) in [5.74, 6) is -1.92. The number of azo groups is 2. The van der Waals surface area contributed by atoms with Gasteiger partial charge in [0.05, 0.1) is 31.8 Å². The Hall–Kier alpha value is -6.31. The molecule has 0 saturated carbocycles. The van der Waals surface area contributed by atoms with Crippen LogP contribution < -0.4 is 55.5 Å². The van der Waals surface area contributed by atoms with Crippen LogP contribution in [0.2, 0.25) is 0 Å². The number of hydrogen-bond acceptors (Lipinski definition) is 15. The molecule has 58 heavy (non-hydrogen) atoms. The maximum Gasteiger partial charge on any atom is 3.00 e. The number of nitrogens with zero attached hydrogens (tertiary/aromatic N) is 8. The molecule has 7 rings (SSSR count). The summed E-state index contributed by atoms with van der Waals surface area (Å²) in [6.45, 7) is 1.58. The van der Waals surface area contributed by atoms with E-state index in [-0.39, 0.29) is 87.6 Å². The summed E-state index contributed by atoms with van der Waals surface area (Å²) in [6.07, 6.45) is 0. The van der Waals surface area contributed by atoms with Crippen molar-refractivity contribution in [3.8, 4) is 22.9 Å². The van der Waals surface area contributed by atoms with Gasteiger partial charge in [-0.3, -0.25) is 25.0 Å². The van der Waals surface area contributed by atoms with Crippen LogP contribution in [0.3, 0.4) is 0 Å². The van der Waals surface area contributed by atoms with Crippen LogP contribution in [0, 0.1) is 27.2 Å². The second-order valence-electron chi connectivity index (χ2n) is 11.6. The van der Waals surface area contributed by atoms with E-state index in [1.165, 1.54) is 10.7 Å². The van der Waals surface area contributed by atoms with E-state index in [2.05, 4.69) is 25.6 Å². The quantitative estimate of drug-likeness (QED) is 0.0701. The van der Waals surface area contributed by atoms with Gasteiger partial charge in [-0.05, 0) is 29.7 Å². The summed E-state index contributed by atoms with van der Waals surface area (Å²) in [4.78, 5) is 32.0. The van der Waals surface area contributed by atoms with Crippen LogP contribution in [-0.4, -0.2) is 27.5 Å². The van der Waals surface area contributed by atoms with Gasteiger partial charge < -0.3 is 29.7 Å². The zero-order valence-electron chi connectivity index (χ0n) is 30.8. The Labute approximate surface area is 360 Å². The van der Waals surface area contributed by atoms with E-state index in [1.54, 1.807) is 61.5 Å². The molecule has 1 aromatic heterocycles. The van der Waals surface area contributed by atoms with Gasteiger partial charge in [0.15, 0.2) is 0 Å². The van der Waals surface area contributed by atoms with Crippen LogP contribution in [0.1, 0.15) is 7.12 Å². The molecule has 7 aromatic rings. The van der Waals surface area contributed by atoms with Gasteiger partial charge in [0.2, 0.25) is 0 Å². The van der Waals surface area contributed by atoms with E-state index < -0.39 is 53.4 Å². The van der Waals surface area contributed by atoms with E-state index in [4.69, 9.17) is 0 Å². The molecule has 19 nitrogen and oxygen atoms in total. The summed E-state index contributed by atoms with van der Waals surface area (Å²) in [7, 11) is -5.11. The third kappa shape index (κ3) is 9.44. The average Bonchev–Trinajstić information content (AvgIpc) is 3.46. The number of aryl methyl sites for hydroxylation is 1. The van der Waals surface area contributed by atoms with Crippen molar-refractivity contribution in [2.75, 3.05) is 0 Å². The number of para-hydroxylation sites is 1.